The zero-order chi connectivity index (χ0) is 11.5. The standard InChI is InChI=1S/C10H17NO3S/c1-7(6-15-2)11-8(12)10(9(13)14)4-3-5-10/h7H,3-6H2,1-2H3,(H,11,12)(H,13,14). The van der Waals surface area contributed by atoms with Crippen molar-refractivity contribution < 1.29 is 14.7 Å². The molecule has 0 aromatic carbocycles. The van der Waals surface area contributed by atoms with Crippen molar-refractivity contribution >= 4 is 23.6 Å². The number of carboxylic acids is 1. The van der Waals surface area contributed by atoms with Gasteiger partial charge >= 0.3 is 5.97 Å². The molecule has 0 spiro atoms. The Labute approximate surface area is 93.8 Å². The third kappa shape index (κ3) is 2.45. The van der Waals surface area contributed by atoms with Crippen molar-refractivity contribution in [1.82, 2.24) is 5.32 Å². The molecule has 1 amide bonds. The monoisotopic (exact) mass is 231 g/mol. The molecule has 1 unspecified atom stereocenters. The highest BCUT2D eigenvalue weighted by molar-refractivity contribution is 7.98. The molecular weight excluding hydrogens is 214 g/mol. The summed E-state index contributed by atoms with van der Waals surface area (Å²) in [7, 11) is 0. The van der Waals surface area contributed by atoms with Crippen molar-refractivity contribution in [3.63, 3.8) is 0 Å². The summed E-state index contributed by atoms with van der Waals surface area (Å²) in [4.78, 5) is 22.8. The maximum absolute atomic E-state index is 11.8. The molecule has 0 aromatic heterocycles. The lowest BCUT2D eigenvalue weighted by molar-refractivity contribution is -0.162. The van der Waals surface area contributed by atoms with E-state index in [1.807, 2.05) is 13.2 Å². The lowest BCUT2D eigenvalue weighted by atomic mass is 9.68. The van der Waals surface area contributed by atoms with E-state index in [0.717, 1.165) is 12.2 Å². The van der Waals surface area contributed by atoms with Gasteiger partial charge in [-0.15, -0.1) is 0 Å². The summed E-state index contributed by atoms with van der Waals surface area (Å²) in [6.07, 6.45) is 3.73. The van der Waals surface area contributed by atoms with E-state index in [9.17, 15) is 9.59 Å². The van der Waals surface area contributed by atoms with Gasteiger partial charge in [0.2, 0.25) is 5.91 Å². The van der Waals surface area contributed by atoms with Crippen molar-refractivity contribution in [2.75, 3.05) is 12.0 Å². The predicted octanol–water partition coefficient (Wildman–Crippen LogP) is 1.11. The van der Waals surface area contributed by atoms with E-state index in [-0.39, 0.29) is 11.9 Å². The summed E-state index contributed by atoms with van der Waals surface area (Å²) in [5.74, 6) is -0.494. The largest absolute Gasteiger partial charge is 0.480 e. The van der Waals surface area contributed by atoms with Crippen molar-refractivity contribution in [3.8, 4) is 0 Å². The fourth-order valence-corrected chi connectivity index (χ4v) is 2.31. The second-order valence-electron chi connectivity index (χ2n) is 4.07. The zero-order valence-electron chi connectivity index (χ0n) is 9.08. The number of hydrogen-bond acceptors (Lipinski definition) is 3. The van der Waals surface area contributed by atoms with E-state index in [1.54, 1.807) is 11.8 Å². The van der Waals surface area contributed by atoms with E-state index < -0.39 is 11.4 Å². The zero-order valence-corrected chi connectivity index (χ0v) is 9.89. The highest BCUT2D eigenvalue weighted by Gasteiger charge is 2.51. The Morgan fingerprint density at radius 3 is 2.47 bits per heavy atom. The number of nitrogens with one attached hydrogen (secondary N) is 1. The van der Waals surface area contributed by atoms with Crippen molar-refractivity contribution in [2.45, 2.75) is 32.2 Å². The SMILES string of the molecule is CSCC(C)NC(=O)C1(C(=O)O)CCC1. The Bertz CT molecular complexity index is 263. The first-order valence-electron chi connectivity index (χ1n) is 5.06. The van der Waals surface area contributed by atoms with Crippen LogP contribution in [0.2, 0.25) is 0 Å². The second-order valence-corrected chi connectivity index (χ2v) is 4.98. The quantitative estimate of drug-likeness (QED) is 0.696. The molecule has 0 aromatic rings. The fraction of sp³-hybridized carbons (Fsp3) is 0.800. The van der Waals surface area contributed by atoms with Gasteiger partial charge in [0.1, 0.15) is 5.41 Å². The summed E-state index contributed by atoms with van der Waals surface area (Å²) >= 11 is 1.63. The average molecular weight is 231 g/mol. The number of carbonyl (C=O) groups is 2. The molecule has 0 bridgehead atoms. The molecule has 1 saturated carbocycles. The molecule has 0 radical (unpaired) electrons. The summed E-state index contributed by atoms with van der Waals surface area (Å²) in [6, 6.07) is 0.0318. The van der Waals surface area contributed by atoms with Gasteiger partial charge in [0.05, 0.1) is 0 Å². The lowest BCUT2D eigenvalue weighted by Gasteiger charge is -2.36. The minimum absolute atomic E-state index is 0.0318. The number of carboxylic acid groups (broad SMARTS) is 1. The van der Waals surface area contributed by atoms with Crippen molar-refractivity contribution in [2.24, 2.45) is 5.41 Å². The van der Waals surface area contributed by atoms with Crippen LogP contribution in [0.25, 0.3) is 0 Å². The summed E-state index contributed by atoms with van der Waals surface area (Å²) in [6.45, 7) is 1.89. The molecular formula is C10H17NO3S. The van der Waals surface area contributed by atoms with Gasteiger partial charge in [-0.25, -0.2) is 0 Å². The topological polar surface area (TPSA) is 66.4 Å². The number of carbonyl (C=O) groups excluding carboxylic acids is 1. The molecule has 5 heteroatoms. The Morgan fingerprint density at radius 1 is 1.53 bits per heavy atom. The summed E-state index contributed by atoms with van der Waals surface area (Å²) in [5.41, 5.74) is -1.13. The number of rotatable bonds is 5. The molecule has 86 valence electrons. The van der Waals surface area contributed by atoms with E-state index in [4.69, 9.17) is 5.11 Å². The minimum Gasteiger partial charge on any atom is -0.480 e. The molecule has 15 heavy (non-hydrogen) atoms. The molecule has 1 rings (SSSR count). The number of amides is 1. The van der Waals surface area contributed by atoms with E-state index >= 15 is 0 Å². The smallest absolute Gasteiger partial charge is 0.319 e. The van der Waals surface area contributed by atoms with Crippen LogP contribution in [0, 0.1) is 5.41 Å². The van der Waals surface area contributed by atoms with Crippen molar-refractivity contribution in [1.29, 1.82) is 0 Å². The highest BCUT2D eigenvalue weighted by atomic mass is 32.2. The number of aliphatic carboxylic acids is 1. The predicted molar refractivity (Wildman–Crippen MR) is 59.9 cm³/mol. The maximum Gasteiger partial charge on any atom is 0.319 e. The van der Waals surface area contributed by atoms with Crippen LogP contribution in [-0.4, -0.2) is 35.0 Å². The van der Waals surface area contributed by atoms with Gasteiger partial charge in [0.25, 0.3) is 0 Å². The molecule has 4 nitrogen and oxygen atoms in total. The molecule has 1 fully saturated rings. The third-order valence-electron chi connectivity index (χ3n) is 2.85. The third-order valence-corrected chi connectivity index (χ3v) is 3.68. The molecule has 0 aliphatic heterocycles. The van der Waals surface area contributed by atoms with Gasteiger partial charge in [0.15, 0.2) is 0 Å². The van der Waals surface area contributed by atoms with Gasteiger partial charge in [-0.05, 0) is 26.0 Å². The molecule has 0 saturated heterocycles. The number of thioether (sulfide) groups is 1. The highest BCUT2D eigenvalue weighted by Crippen LogP contribution is 2.41. The second kappa shape index (κ2) is 4.88. The van der Waals surface area contributed by atoms with Crippen LogP contribution in [0.15, 0.2) is 0 Å². The van der Waals surface area contributed by atoms with Gasteiger partial charge in [-0.3, -0.25) is 9.59 Å². The minimum atomic E-state index is -1.13. The lowest BCUT2D eigenvalue weighted by Crippen LogP contribution is -2.53. The van der Waals surface area contributed by atoms with Crippen LogP contribution in [0.1, 0.15) is 26.2 Å². The van der Waals surface area contributed by atoms with Crippen LogP contribution >= 0.6 is 11.8 Å². The van der Waals surface area contributed by atoms with Crippen LogP contribution in [0.4, 0.5) is 0 Å². The molecule has 2 N–H and O–H groups in total. The Kier molecular flexibility index (Phi) is 4.02. The first-order valence-corrected chi connectivity index (χ1v) is 6.45. The van der Waals surface area contributed by atoms with Crippen LogP contribution in [0.3, 0.4) is 0 Å². The molecule has 1 aliphatic carbocycles. The first kappa shape index (κ1) is 12.4. The van der Waals surface area contributed by atoms with Gasteiger partial charge in [-0.1, -0.05) is 6.42 Å². The summed E-state index contributed by atoms with van der Waals surface area (Å²) in [5, 5.41) is 11.8. The van der Waals surface area contributed by atoms with Crippen LogP contribution in [0.5, 0.6) is 0 Å². The molecule has 0 heterocycles. The first-order chi connectivity index (χ1) is 7.03. The molecule has 1 atom stereocenters. The fourth-order valence-electron chi connectivity index (χ4n) is 1.72. The Balaban J connectivity index is 2.55. The Morgan fingerprint density at radius 2 is 2.13 bits per heavy atom. The number of hydrogen-bond donors (Lipinski definition) is 2. The van der Waals surface area contributed by atoms with Gasteiger partial charge in [0, 0.05) is 11.8 Å². The van der Waals surface area contributed by atoms with E-state index in [1.165, 1.54) is 0 Å². The Hall–Kier alpha value is -0.710. The van der Waals surface area contributed by atoms with Crippen LogP contribution in [-0.2, 0) is 9.59 Å². The van der Waals surface area contributed by atoms with Crippen molar-refractivity contribution in [3.05, 3.63) is 0 Å². The van der Waals surface area contributed by atoms with Gasteiger partial charge in [-0.2, -0.15) is 11.8 Å². The normalized spacial score (nSPS) is 20.1. The van der Waals surface area contributed by atoms with Gasteiger partial charge < -0.3 is 10.4 Å². The van der Waals surface area contributed by atoms with E-state index in [2.05, 4.69) is 5.32 Å². The average Bonchev–Trinajstić information content (AvgIpc) is 2.00. The maximum atomic E-state index is 11.8. The summed E-state index contributed by atoms with van der Waals surface area (Å²) < 4.78 is 0. The van der Waals surface area contributed by atoms with E-state index in [0.29, 0.717) is 12.8 Å². The molecule has 1 aliphatic rings. The van der Waals surface area contributed by atoms with Crippen LogP contribution < -0.4 is 5.32 Å².